The molecule has 0 radical (unpaired) electrons. The fourth-order valence-corrected chi connectivity index (χ4v) is 3.82. The van der Waals surface area contributed by atoms with Gasteiger partial charge in [0, 0.05) is 18.8 Å². The van der Waals surface area contributed by atoms with E-state index in [4.69, 9.17) is 0 Å². The smallest absolute Gasteiger partial charge is 0.233 e. The Bertz CT molecular complexity index is 903. The Balaban J connectivity index is 1.75. The molecule has 2 N–H and O–H groups in total. The third-order valence-corrected chi connectivity index (χ3v) is 5.37. The molecule has 0 fully saturated rings. The van der Waals surface area contributed by atoms with E-state index in [9.17, 15) is 23.1 Å². The van der Waals surface area contributed by atoms with E-state index >= 15 is 0 Å². The number of hydrogen-bond donors (Lipinski definition) is 2. The first kappa shape index (κ1) is 23.8. The molecule has 0 aliphatic heterocycles. The second kappa shape index (κ2) is 11.6. The Morgan fingerprint density at radius 2 is 1.97 bits per heavy atom. The standard InChI is InChI=1S/C23H29NO5S/c1-30(28,29)24-23(27)12-8-3-2-7-11-19-13-16-22(26)21(19)15-14-20(25)17-18-9-5-4-6-10-18/h2,4-7,9-10,13-16,19-21,25H,3,8,11-12,17H2,1H3,(H,24,27)/b7-2-,15-14+/t19-,20+,21+/m0/s1. The van der Waals surface area contributed by atoms with Gasteiger partial charge in [-0.2, -0.15) is 0 Å². The van der Waals surface area contributed by atoms with Gasteiger partial charge < -0.3 is 5.11 Å². The van der Waals surface area contributed by atoms with Crippen LogP contribution >= 0.6 is 0 Å². The van der Waals surface area contributed by atoms with Crippen LogP contribution in [0.5, 0.6) is 0 Å². The van der Waals surface area contributed by atoms with Crippen LogP contribution in [-0.2, 0) is 26.0 Å². The lowest BCUT2D eigenvalue weighted by Crippen LogP contribution is -2.28. The SMILES string of the molecule is CS(=O)(=O)NC(=O)CCC/C=C\C[C@H]1C=CC(=O)[C@@H]1/C=C/[C@@H](O)Cc1ccccc1. The molecule has 162 valence electrons. The molecule has 6 nitrogen and oxygen atoms in total. The minimum Gasteiger partial charge on any atom is -0.389 e. The van der Waals surface area contributed by atoms with Crippen molar-refractivity contribution in [3.05, 3.63) is 72.4 Å². The lowest BCUT2D eigenvalue weighted by atomic mass is 9.90. The number of aliphatic hydroxyl groups is 1. The van der Waals surface area contributed by atoms with Crippen LogP contribution in [0, 0.1) is 11.8 Å². The molecule has 3 atom stereocenters. The van der Waals surface area contributed by atoms with Crippen molar-refractivity contribution in [1.82, 2.24) is 4.72 Å². The number of amides is 1. The maximum absolute atomic E-state index is 12.1. The monoisotopic (exact) mass is 431 g/mol. The molecular formula is C23H29NO5S. The molecule has 1 aromatic rings. The number of unbranched alkanes of at least 4 members (excludes halogenated alkanes) is 1. The Hall–Kier alpha value is -2.51. The van der Waals surface area contributed by atoms with Gasteiger partial charge in [0.2, 0.25) is 15.9 Å². The highest BCUT2D eigenvalue weighted by molar-refractivity contribution is 7.89. The van der Waals surface area contributed by atoms with E-state index in [2.05, 4.69) is 0 Å². The molecule has 0 spiro atoms. The second-order valence-electron chi connectivity index (χ2n) is 7.49. The minimum atomic E-state index is -3.50. The number of allylic oxidation sites excluding steroid dienone is 5. The number of aliphatic hydroxyl groups excluding tert-OH is 1. The van der Waals surface area contributed by atoms with Crippen LogP contribution in [0.2, 0.25) is 0 Å². The van der Waals surface area contributed by atoms with Gasteiger partial charge in [0.15, 0.2) is 5.78 Å². The van der Waals surface area contributed by atoms with Crippen LogP contribution in [0.4, 0.5) is 0 Å². The quantitative estimate of drug-likeness (QED) is 0.414. The van der Waals surface area contributed by atoms with Crippen LogP contribution in [0.1, 0.15) is 31.2 Å². The first-order valence-corrected chi connectivity index (χ1v) is 11.9. The first-order valence-electron chi connectivity index (χ1n) is 10.0. The van der Waals surface area contributed by atoms with Crippen molar-refractivity contribution in [3.63, 3.8) is 0 Å². The Kier molecular flexibility index (Phi) is 9.20. The van der Waals surface area contributed by atoms with Crippen molar-refractivity contribution in [2.75, 3.05) is 6.26 Å². The van der Waals surface area contributed by atoms with E-state index in [1.54, 1.807) is 18.2 Å². The highest BCUT2D eigenvalue weighted by Crippen LogP contribution is 2.27. The van der Waals surface area contributed by atoms with Gasteiger partial charge in [0.1, 0.15) is 0 Å². The molecule has 0 bridgehead atoms. The summed E-state index contributed by atoms with van der Waals surface area (Å²) in [6.45, 7) is 0. The number of rotatable bonds is 11. The number of sulfonamides is 1. The van der Waals surface area contributed by atoms with Gasteiger partial charge >= 0.3 is 0 Å². The van der Waals surface area contributed by atoms with Crippen LogP contribution in [0.3, 0.4) is 0 Å². The number of ketones is 1. The fourth-order valence-electron chi connectivity index (χ4n) is 3.30. The van der Waals surface area contributed by atoms with Gasteiger partial charge in [-0.1, -0.05) is 60.7 Å². The maximum Gasteiger partial charge on any atom is 0.233 e. The van der Waals surface area contributed by atoms with Gasteiger partial charge in [0.05, 0.1) is 12.4 Å². The molecular weight excluding hydrogens is 402 g/mol. The molecule has 1 aromatic carbocycles. The predicted octanol–water partition coefficient (Wildman–Crippen LogP) is 2.71. The summed E-state index contributed by atoms with van der Waals surface area (Å²) in [5.74, 6) is -0.702. The second-order valence-corrected chi connectivity index (χ2v) is 9.24. The Morgan fingerprint density at radius 3 is 2.67 bits per heavy atom. The summed E-state index contributed by atoms with van der Waals surface area (Å²) in [7, 11) is -3.50. The number of carbonyl (C=O) groups excluding carboxylic acids is 2. The first-order chi connectivity index (χ1) is 14.2. The third kappa shape index (κ3) is 8.88. The molecule has 0 aromatic heterocycles. The van der Waals surface area contributed by atoms with Crippen molar-refractivity contribution in [2.45, 2.75) is 38.2 Å². The zero-order chi connectivity index (χ0) is 22.0. The fraction of sp³-hybridized carbons (Fsp3) is 0.391. The van der Waals surface area contributed by atoms with Gasteiger partial charge in [-0.3, -0.25) is 14.3 Å². The summed E-state index contributed by atoms with van der Waals surface area (Å²) in [6.07, 6.45) is 13.7. The topological polar surface area (TPSA) is 101 Å². The number of nitrogens with one attached hydrogen (secondary N) is 1. The van der Waals surface area contributed by atoms with Crippen LogP contribution in [0.25, 0.3) is 0 Å². The molecule has 1 aliphatic carbocycles. The lowest BCUT2D eigenvalue weighted by Gasteiger charge is -2.13. The van der Waals surface area contributed by atoms with Gasteiger partial charge in [-0.15, -0.1) is 0 Å². The van der Waals surface area contributed by atoms with Crippen LogP contribution in [0.15, 0.2) is 66.8 Å². The van der Waals surface area contributed by atoms with E-state index in [1.165, 1.54) is 0 Å². The highest BCUT2D eigenvalue weighted by atomic mass is 32.2. The molecule has 0 saturated heterocycles. The van der Waals surface area contributed by atoms with Crippen molar-refractivity contribution in [2.24, 2.45) is 11.8 Å². The summed E-state index contributed by atoms with van der Waals surface area (Å²) in [6, 6.07) is 9.69. The highest BCUT2D eigenvalue weighted by Gasteiger charge is 2.26. The molecule has 7 heteroatoms. The molecule has 1 amide bonds. The average molecular weight is 432 g/mol. The van der Waals surface area contributed by atoms with E-state index in [0.29, 0.717) is 25.7 Å². The predicted molar refractivity (Wildman–Crippen MR) is 117 cm³/mol. The van der Waals surface area contributed by atoms with Gasteiger partial charge in [-0.25, -0.2) is 8.42 Å². The number of carbonyl (C=O) groups is 2. The number of benzene rings is 1. The molecule has 30 heavy (non-hydrogen) atoms. The normalized spacial score (nSPS) is 20.3. The van der Waals surface area contributed by atoms with Crippen molar-refractivity contribution < 1.29 is 23.1 Å². The molecule has 1 aliphatic rings. The summed E-state index contributed by atoms with van der Waals surface area (Å²) in [4.78, 5) is 23.6. The van der Waals surface area contributed by atoms with E-state index in [0.717, 1.165) is 11.8 Å². The maximum atomic E-state index is 12.1. The summed E-state index contributed by atoms with van der Waals surface area (Å²) >= 11 is 0. The molecule has 0 heterocycles. The molecule has 0 unspecified atom stereocenters. The van der Waals surface area contributed by atoms with Crippen molar-refractivity contribution in [3.8, 4) is 0 Å². The van der Waals surface area contributed by atoms with Gasteiger partial charge in [0.25, 0.3) is 0 Å². The summed E-state index contributed by atoms with van der Waals surface area (Å²) in [5.41, 5.74) is 1.04. The minimum absolute atomic E-state index is 0.0361. The van der Waals surface area contributed by atoms with Gasteiger partial charge in [-0.05, 0) is 36.8 Å². The van der Waals surface area contributed by atoms with Crippen molar-refractivity contribution in [1.29, 1.82) is 0 Å². The Labute approximate surface area is 178 Å². The summed E-state index contributed by atoms with van der Waals surface area (Å²) in [5, 5.41) is 10.2. The van der Waals surface area contributed by atoms with Crippen molar-refractivity contribution >= 4 is 21.7 Å². The van der Waals surface area contributed by atoms with Crippen LogP contribution < -0.4 is 4.72 Å². The van der Waals surface area contributed by atoms with E-state index < -0.39 is 22.0 Å². The molecule has 2 rings (SSSR count). The molecule has 0 saturated carbocycles. The average Bonchev–Trinajstić information content (AvgIpc) is 3.02. The third-order valence-electron chi connectivity index (χ3n) is 4.77. The summed E-state index contributed by atoms with van der Waals surface area (Å²) < 4.78 is 23.9. The van der Waals surface area contributed by atoms with E-state index in [-0.39, 0.29) is 24.0 Å². The zero-order valence-corrected chi connectivity index (χ0v) is 17.9. The zero-order valence-electron chi connectivity index (χ0n) is 17.1. The van der Waals surface area contributed by atoms with Crippen LogP contribution in [-0.4, -0.2) is 37.6 Å². The lowest BCUT2D eigenvalue weighted by molar-refractivity contribution is -0.119. The number of hydrogen-bond acceptors (Lipinski definition) is 5. The largest absolute Gasteiger partial charge is 0.389 e. The Morgan fingerprint density at radius 1 is 1.23 bits per heavy atom. The van der Waals surface area contributed by atoms with E-state index in [1.807, 2.05) is 53.3 Å².